The van der Waals surface area contributed by atoms with Crippen LogP contribution in [0.4, 0.5) is 23.2 Å². The van der Waals surface area contributed by atoms with Crippen LogP contribution in [0, 0.1) is 30.2 Å². The summed E-state index contributed by atoms with van der Waals surface area (Å²) in [4.78, 5) is 17.1. The second-order valence-electron chi connectivity index (χ2n) is 5.46. The van der Waals surface area contributed by atoms with Gasteiger partial charge >= 0.3 is 0 Å². The quantitative estimate of drug-likeness (QED) is 0.519. The number of halogens is 4. The minimum atomic E-state index is -1.65. The number of aryl methyl sites for hydroxylation is 1. The molecule has 1 amide bonds. The van der Waals surface area contributed by atoms with Gasteiger partial charge in [0.25, 0.3) is 0 Å². The summed E-state index contributed by atoms with van der Waals surface area (Å²) in [6.07, 6.45) is -0.142. The molecule has 3 rings (SSSR count). The van der Waals surface area contributed by atoms with Gasteiger partial charge in [0.05, 0.1) is 22.8 Å². The molecular formula is C18H12F4N2OS. The summed E-state index contributed by atoms with van der Waals surface area (Å²) in [5.41, 5.74) is 0.712. The summed E-state index contributed by atoms with van der Waals surface area (Å²) >= 11 is 1.27. The van der Waals surface area contributed by atoms with E-state index in [1.165, 1.54) is 23.5 Å². The van der Waals surface area contributed by atoms with Gasteiger partial charge in [-0.1, -0.05) is 0 Å². The average Bonchev–Trinajstić information content (AvgIpc) is 2.96. The van der Waals surface area contributed by atoms with Crippen LogP contribution in [-0.4, -0.2) is 10.9 Å². The highest BCUT2D eigenvalue weighted by Gasteiger charge is 2.18. The normalized spacial score (nSPS) is 10.8. The predicted octanol–water partition coefficient (Wildman–Crippen LogP) is 4.86. The molecule has 0 unspecified atom stereocenters. The second kappa shape index (κ2) is 7.25. The zero-order chi connectivity index (χ0) is 18.8. The Morgan fingerprint density at radius 2 is 1.73 bits per heavy atom. The molecule has 0 aliphatic rings. The molecular weight excluding hydrogens is 368 g/mol. The number of nitrogens with one attached hydrogen (secondary N) is 1. The molecule has 3 aromatic rings. The summed E-state index contributed by atoms with van der Waals surface area (Å²) in [5, 5.41) is 2.92. The minimum Gasteiger partial charge on any atom is -0.323 e. The summed E-state index contributed by atoms with van der Waals surface area (Å²) < 4.78 is 53.0. The molecule has 0 bridgehead atoms. The molecule has 134 valence electrons. The van der Waals surface area contributed by atoms with E-state index in [9.17, 15) is 22.4 Å². The van der Waals surface area contributed by atoms with Gasteiger partial charge in [-0.3, -0.25) is 4.79 Å². The smallest absolute Gasteiger partial charge is 0.229 e. The largest absolute Gasteiger partial charge is 0.323 e. The molecule has 0 saturated heterocycles. The highest BCUT2D eigenvalue weighted by molar-refractivity contribution is 7.12. The molecule has 26 heavy (non-hydrogen) atoms. The molecule has 1 aromatic heterocycles. The third-order valence-electron chi connectivity index (χ3n) is 3.55. The number of benzene rings is 2. The Labute approximate surface area is 150 Å². The van der Waals surface area contributed by atoms with Crippen molar-refractivity contribution in [2.45, 2.75) is 13.3 Å². The van der Waals surface area contributed by atoms with Crippen molar-refractivity contribution in [3.8, 4) is 11.3 Å². The van der Waals surface area contributed by atoms with Gasteiger partial charge in [0.1, 0.15) is 5.82 Å². The van der Waals surface area contributed by atoms with Crippen LogP contribution in [0.5, 0.6) is 0 Å². The van der Waals surface area contributed by atoms with Gasteiger partial charge in [-0.15, -0.1) is 11.3 Å². The maximum atomic E-state index is 13.7. The highest BCUT2D eigenvalue weighted by atomic mass is 32.1. The number of anilines is 1. The van der Waals surface area contributed by atoms with Gasteiger partial charge in [0, 0.05) is 10.4 Å². The van der Waals surface area contributed by atoms with E-state index in [-0.39, 0.29) is 6.42 Å². The molecule has 0 saturated carbocycles. The number of thiazole rings is 1. The molecule has 0 spiro atoms. The zero-order valence-electron chi connectivity index (χ0n) is 13.4. The molecule has 0 aliphatic carbocycles. The molecule has 0 aliphatic heterocycles. The first-order valence-electron chi connectivity index (χ1n) is 7.50. The zero-order valence-corrected chi connectivity index (χ0v) is 14.3. The Hall–Kier alpha value is -2.74. The lowest BCUT2D eigenvalue weighted by Gasteiger charge is -2.07. The van der Waals surface area contributed by atoms with Crippen LogP contribution in [0.2, 0.25) is 0 Å². The third kappa shape index (κ3) is 3.75. The number of nitrogens with zero attached hydrogens (tertiary/aromatic N) is 1. The van der Waals surface area contributed by atoms with Crippen molar-refractivity contribution in [1.82, 2.24) is 4.98 Å². The van der Waals surface area contributed by atoms with Gasteiger partial charge < -0.3 is 5.32 Å². The lowest BCUT2D eigenvalue weighted by molar-refractivity contribution is -0.115. The summed E-state index contributed by atoms with van der Waals surface area (Å²) in [5.74, 6) is -5.45. The molecule has 0 atom stereocenters. The summed E-state index contributed by atoms with van der Waals surface area (Å²) in [7, 11) is 0. The fourth-order valence-electron chi connectivity index (χ4n) is 2.39. The predicted molar refractivity (Wildman–Crippen MR) is 90.9 cm³/mol. The molecule has 3 nitrogen and oxygen atoms in total. The number of amides is 1. The van der Waals surface area contributed by atoms with Crippen molar-refractivity contribution >= 4 is 22.9 Å². The summed E-state index contributed by atoms with van der Waals surface area (Å²) in [6.45, 7) is 1.76. The van der Waals surface area contributed by atoms with Crippen LogP contribution in [0.15, 0.2) is 36.4 Å². The Morgan fingerprint density at radius 1 is 1.04 bits per heavy atom. The Kier molecular flexibility index (Phi) is 5.03. The molecule has 8 heteroatoms. The number of hydrogen-bond donors (Lipinski definition) is 1. The number of aromatic nitrogens is 1. The van der Waals surface area contributed by atoms with E-state index in [0.717, 1.165) is 12.1 Å². The highest BCUT2D eigenvalue weighted by Crippen LogP contribution is 2.29. The van der Waals surface area contributed by atoms with Gasteiger partial charge in [0.2, 0.25) is 5.91 Å². The fraction of sp³-hybridized carbons (Fsp3) is 0.111. The lowest BCUT2D eigenvalue weighted by atomic mass is 10.1. The van der Waals surface area contributed by atoms with Crippen molar-refractivity contribution in [2.75, 3.05) is 5.32 Å². The fourth-order valence-corrected chi connectivity index (χ4v) is 3.34. The van der Waals surface area contributed by atoms with Crippen LogP contribution in [0.25, 0.3) is 11.3 Å². The van der Waals surface area contributed by atoms with Gasteiger partial charge in [-0.2, -0.15) is 0 Å². The van der Waals surface area contributed by atoms with E-state index in [4.69, 9.17) is 0 Å². The topological polar surface area (TPSA) is 42.0 Å². The van der Waals surface area contributed by atoms with Crippen LogP contribution < -0.4 is 5.32 Å². The standard InChI is InChI=1S/C18H12F4N2OS/c1-9-23-18(10-2-4-11(19)5-3-10)14(26-9)8-15(25)24-13-7-6-12(20)16(21)17(13)22/h2-7H,8H2,1H3,(H,24,25). The molecule has 1 heterocycles. The molecule has 2 aromatic carbocycles. The Bertz CT molecular complexity index is 970. The van der Waals surface area contributed by atoms with E-state index in [0.29, 0.717) is 21.1 Å². The van der Waals surface area contributed by atoms with Gasteiger partial charge in [-0.05, 0) is 43.3 Å². The first-order valence-corrected chi connectivity index (χ1v) is 8.32. The number of carbonyl (C=O) groups is 1. The average molecular weight is 380 g/mol. The second-order valence-corrected chi connectivity index (χ2v) is 6.75. The molecule has 0 fully saturated rings. The Morgan fingerprint density at radius 3 is 2.42 bits per heavy atom. The van der Waals surface area contributed by atoms with Crippen LogP contribution in [0.1, 0.15) is 9.88 Å². The van der Waals surface area contributed by atoms with Crippen molar-refractivity contribution in [2.24, 2.45) is 0 Å². The van der Waals surface area contributed by atoms with Crippen LogP contribution in [-0.2, 0) is 11.2 Å². The Balaban J connectivity index is 1.82. The number of carbonyl (C=O) groups excluding carboxylic acids is 1. The number of hydrogen-bond acceptors (Lipinski definition) is 3. The first-order chi connectivity index (χ1) is 12.3. The van der Waals surface area contributed by atoms with E-state index >= 15 is 0 Å². The molecule has 1 N–H and O–H groups in total. The van der Waals surface area contributed by atoms with Crippen LogP contribution in [0.3, 0.4) is 0 Å². The van der Waals surface area contributed by atoms with Crippen molar-refractivity contribution in [3.05, 3.63) is 69.6 Å². The summed E-state index contributed by atoms with van der Waals surface area (Å²) in [6, 6.07) is 7.33. The lowest BCUT2D eigenvalue weighted by Crippen LogP contribution is -2.16. The SMILES string of the molecule is Cc1nc(-c2ccc(F)cc2)c(CC(=O)Nc2ccc(F)c(F)c2F)s1. The maximum absolute atomic E-state index is 13.7. The van der Waals surface area contributed by atoms with Crippen molar-refractivity contribution in [3.63, 3.8) is 0 Å². The first kappa shape index (κ1) is 18.1. The van der Waals surface area contributed by atoms with Gasteiger partial charge in [0.15, 0.2) is 17.5 Å². The van der Waals surface area contributed by atoms with Crippen LogP contribution >= 0.6 is 11.3 Å². The third-order valence-corrected chi connectivity index (χ3v) is 4.52. The minimum absolute atomic E-state index is 0.142. The molecule has 0 radical (unpaired) electrons. The monoisotopic (exact) mass is 380 g/mol. The van der Waals surface area contributed by atoms with Crippen molar-refractivity contribution < 1.29 is 22.4 Å². The van der Waals surface area contributed by atoms with E-state index < -0.39 is 34.9 Å². The van der Waals surface area contributed by atoms with E-state index in [1.807, 2.05) is 0 Å². The van der Waals surface area contributed by atoms with E-state index in [1.54, 1.807) is 19.1 Å². The maximum Gasteiger partial charge on any atom is 0.229 e. The van der Waals surface area contributed by atoms with Gasteiger partial charge in [-0.25, -0.2) is 22.5 Å². The number of rotatable bonds is 4. The van der Waals surface area contributed by atoms with E-state index in [2.05, 4.69) is 10.3 Å². The van der Waals surface area contributed by atoms with Crippen molar-refractivity contribution in [1.29, 1.82) is 0 Å².